The Kier molecular flexibility index (Phi) is 6.21. The van der Waals surface area contributed by atoms with Crippen LogP contribution in [0.3, 0.4) is 0 Å². The number of piperidine rings is 1. The van der Waals surface area contributed by atoms with E-state index in [0.29, 0.717) is 6.04 Å². The molecule has 0 spiro atoms. The van der Waals surface area contributed by atoms with Crippen molar-refractivity contribution in [1.29, 1.82) is 0 Å². The molecule has 1 aliphatic heterocycles. The Morgan fingerprint density at radius 2 is 2.30 bits per heavy atom. The van der Waals surface area contributed by atoms with Crippen molar-refractivity contribution in [3.8, 4) is 0 Å². The van der Waals surface area contributed by atoms with Crippen LogP contribution in [-0.2, 0) is 7.05 Å². The largest absolute Gasteiger partial charge is 0.367 e. The van der Waals surface area contributed by atoms with Crippen LogP contribution in [0.1, 0.15) is 26.7 Å². The van der Waals surface area contributed by atoms with Gasteiger partial charge in [-0.15, -0.1) is 0 Å². The van der Waals surface area contributed by atoms with Crippen LogP contribution in [0.5, 0.6) is 0 Å². The van der Waals surface area contributed by atoms with Crippen molar-refractivity contribution in [3.63, 3.8) is 0 Å². The number of aromatic nitrogens is 2. The van der Waals surface area contributed by atoms with E-state index in [1.54, 1.807) is 0 Å². The van der Waals surface area contributed by atoms with E-state index < -0.39 is 0 Å². The first kappa shape index (κ1) is 18.0. The fourth-order valence-corrected chi connectivity index (χ4v) is 2.87. The van der Waals surface area contributed by atoms with Crippen LogP contribution in [0.25, 0.3) is 0 Å². The van der Waals surface area contributed by atoms with Crippen LogP contribution in [0, 0.1) is 0 Å². The Bertz CT molecular complexity index is 524. The van der Waals surface area contributed by atoms with Gasteiger partial charge in [0.15, 0.2) is 5.96 Å². The summed E-state index contributed by atoms with van der Waals surface area (Å²) in [4.78, 5) is 6.77. The van der Waals surface area contributed by atoms with Gasteiger partial charge in [-0.25, -0.2) is 0 Å². The maximum absolute atomic E-state index is 4.37. The minimum absolute atomic E-state index is 0.200. The Morgan fingerprint density at radius 3 is 2.91 bits per heavy atom. The lowest BCUT2D eigenvalue weighted by atomic mass is 10.1. The Balaban J connectivity index is 1.88. The summed E-state index contributed by atoms with van der Waals surface area (Å²) in [7, 11) is 3.80. The fourth-order valence-electron chi connectivity index (χ4n) is 2.66. The van der Waals surface area contributed by atoms with Crippen LogP contribution in [-0.4, -0.2) is 59.5 Å². The monoisotopic (exact) mass is 338 g/mol. The molecular formula is C16H30N6S. The van der Waals surface area contributed by atoms with Crippen molar-refractivity contribution >= 4 is 23.4 Å². The van der Waals surface area contributed by atoms with Gasteiger partial charge in [-0.3, -0.25) is 9.67 Å². The lowest BCUT2D eigenvalue weighted by molar-refractivity contribution is 0.467. The minimum Gasteiger partial charge on any atom is -0.367 e. The number of nitrogens with one attached hydrogen (secondary N) is 2. The molecule has 1 fully saturated rings. The fraction of sp³-hybridized carbons (Fsp3) is 0.750. The molecule has 1 aromatic rings. The number of aryl methyl sites for hydroxylation is 1. The summed E-state index contributed by atoms with van der Waals surface area (Å²) < 4.78 is 2.06. The molecule has 2 heterocycles. The van der Waals surface area contributed by atoms with Crippen LogP contribution in [0.2, 0.25) is 0 Å². The zero-order valence-electron chi connectivity index (χ0n) is 15.0. The van der Waals surface area contributed by atoms with E-state index in [4.69, 9.17) is 0 Å². The van der Waals surface area contributed by atoms with E-state index in [1.165, 1.54) is 18.5 Å². The molecule has 7 heteroatoms. The van der Waals surface area contributed by atoms with Crippen molar-refractivity contribution < 1.29 is 0 Å². The van der Waals surface area contributed by atoms with Crippen LogP contribution in [0.15, 0.2) is 17.4 Å². The van der Waals surface area contributed by atoms with E-state index >= 15 is 0 Å². The van der Waals surface area contributed by atoms with E-state index in [0.717, 1.165) is 25.6 Å². The number of guanidine groups is 1. The molecule has 1 saturated heterocycles. The first-order valence-electron chi connectivity index (χ1n) is 8.19. The molecule has 0 radical (unpaired) electrons. The van der Waals surface area contributed by atoms with Gasteiger partial charge in [0.25, 0.3) is 0 Å². The summed E-state index contributed by atoms with van der Waals surface area (Å²) in [5.41, 5.74) is 1.20. The lowest BCUT2D eigenvalue weighted by Crippen LogP contribution is -2.52. The number of aliphatic imine (C=N–C) groups is 1. The van der Waals surface area contributed by atoms with Gasteiger partial charge in [-0.1, -0.05) is 0 Å². The third kappa shape index (κ3) is 5.34. The van der Waals surface area contributed by atoms with E-state index in [9.17, 15) is 0 Å². The summed E-state index contributed by atoms with van der Waals surface area (Å²) >= 11 is 1.86. The second kappa shape index (κ2) is 7.95. The molecular weight excluding hydrogens is 308 g/mol. The number of hydrogen-bond donors (Lipinski definition) is 2. The van der Waals surface area contributed by atoms with E-state index in [-0.39, 0.29) is 4.75 Å². The minimum atomic E-state index is 0.200. The predicted molar refractivity (Wildman–Crippen MR) is 101 cm³/mol. The molecule has 2 N–H and O–H groups in total. The summed E-state index contributed by atoms with van der Waals surface area (Å²) in [6.45, 7) is 7.45. The van der Waals surface area contributed by atoms with Gasteiger partial charge in [0.1, 0.15) is 0 Å². The second-order valence-corrected chi connectivity index (χ2v) is 8.20. The highest BCUT2D eigenvalue weighted by molar-refractivity contribution is 7.99. The van der Waals surface area contributed by atoms with Crippen molar-refractivity contribution in [2.45, 2.75) is 37.5 Å². The average molecular weight is 339 g/mol. The third-order valence-corrected chi connectivity index (χ3v) is 5.53. The van der Waals surface area contributed by atoms with Crippen LogP contribution in [0.4, 0.5) is 5.69 Å². The molecule has 1 unspecified atom stereocenters. The molecule has 130 valence electrons. The molecule has 1 atom stereocenters. The molecule has 2 rings (SSSR count). The topological polar surface area (TPSA) is 57.5 Å². The molecule has 1 aliphatic rings. The Hall–Kier alpha value is -1.37. The maximum Gasteiger partial charge on any atom is 0.191 e. The van der Waals surface area contributed by atoms with Gasteiger partial charge >= 0.3 is 0 Å². The third-order valence-electron chi connectivity index (χ3n) is 4.28. The number of rotatable bonds is 5. The van der Waals surface area contributed by atoms with Crippen LogP contribution < -0.4 is 15.5 Å². The highest BCUT2D eigenvalue weighted by Crippen LogP contribution is 2.20. The quantitative estimate of drug-likeness (QED) is 0.632. The number of anilines is 1. The highest BCUT2D eigenvalue weighted by Gasteiger charge is 2.22. The van der Waals surface area contributed by atoms with E-state index in [1.807, 2.05) is 36.7 Å². The number of hydrogen-bond acceptors (Lipinski definition) is 4. The first-order valence-corrected chi connectivity index (χ1v) is 9.42. The normalized spacial score (nSPS) is 19.8. The molecule has 0 saturated carbocycles. The Labute approximate surface area is 144 Å². The van der Waals surface area contributed by atoms with Gasteiger partial charge in [0.05, 0.1) is 11.9 Å². The molecule has 0 amide bonds. The molecule has 1 aromatic heterocycles. The van der Waals surface area contributed by atoms with Gasteiger partial charge in [-0.2, -0.15) is 16.9 Å². The summed E-state index contributed by atoms with van der Waals surface area (Å²) in [5, 5.41) is 11.3. The zero-order valence-corrected chi connectivity index (χ0v) is 15.8. The second-order valence-electron chi connectivity index (χ2n) is 6.69. The van der Waals surface area contributed by atoms with Crippen molar-refractivity contribution in [3.05, 3.63) is 12.4 Å². The lowest BCUT2D eigenvalue weighted by Gasteiger charge is -2.35. The van der Waals surface area contributed by atoms with Crippen molar-refractivity contribution in [2.24, 2.45) is 12.0 Å². The van der Waals surface area contributed by atoms with Crippen molar-refractivity contribution in [1.82, 2.24) is 20.4 Å². The number of thioether (sulfide) groups is 1. The highest BCUT2D eigenvalue weighted by atomic mass is 32.2. The van der Waals surface area contributed by atoms with Gasteiger partial charge in [0.2, 0.25) is 0 Å². The zero-order chi connectivity index (χ0) is 16.9. The van der Waals surface area contributed by atoms with Crippen molar-refractivity contribution in [2.75, 3.05) is 37.8 Å². The van der Waals surface area contributed by atoms with Gasteiger partial charge in [0, 0.05) is 50.7 Å². The predicted octanol–water partition coefficient (Wildman–Crippen LogP) is 1.70. The molecule has 0 aromatic carbocycles. The molecule has 0 aliphatic carbocycles. The first-order chi connectivity index (χ1) is 10.9. The SMILES string of the molecule is CN=C(NCC(C)(C)SC)NC1CCCN(c2cnn(C)c2)C1. The standard InChI is InChI=1S/C16H30N6S/c1-16(2,23-5)12-18-15(17-3)20-13-7-6-8-22(10-13)14-9-19-21(4)11-14/h9,11,13H,6-8,10,12H2,1-5H3,(H2,17,18,20). The van der Waals surface area contributed by atoms with E-state index in [2.05, 4.69) is 51.9 Å². The summed E-state index contributed by atoms with van der Waals surface area (Å²) in [6.07, 6.45) is 8.51. The average Bonchev–Trinajstić information content (AvgIpc) is 2.98. The smallest absolute Gasteiger partial charge is 0.191 e. The maximum atomic E-state index is 4.37. The summed E-state index contributed by atoms with van der Waals surface area (Å²) in [5.74, 6) is 0.894. The molecule has 6 nitrogen and oxygen atoms in total. The molecule has 0 bridgehead atoms. The Morgan fingerprint density at radius 1 is 1.52 bits per heavy atom. The molecule has 23 heavy (non-hydrogen) atoms. The van der Waals surface area contributed by atoms with Gasteiger partial charge in [-0.05, 0) is 32.9 Å². The van der Waals surface area contributed by atoms with Crippen LogP contribution >= 0.6 is 11.8 Å². The number of nitrogens with zero attached hydrogens (tertiary/aromatic N) is 4. The van der Waals surface area contributed by atoms with Gasteiger partial charge < -0.3 is 15.5 Å². The summed E-state index contributed by atoms with van der Waals surface area (Å²) in [6, 6.07) is 0.410.